The van der Waals surface area contributed by atoms with Crippen LogP contribution in [0.2, 0.25) is 0 Å². The van der Waals surface area contributed by atoms with E-state index in [2.05, 4.69) is 22.2 Å². The molecule has 5 heteroatoms. The van der Waals surface area contributed by atoms with Crippen molar-refractivity contribution in [3.05, 3.63) is 36.0 Å². The second-order valence-electron chi connectivity index (χ2n) is 4.88. The standard InChI is InChI=1S/C16H22N4O/c1-5-9-17-16-18-12(2)10-15(19-16)20(3)13-7-6-8-14(11-13)21-4/h6-8,10-11H,5,9H2,1-4H3,(H,17,18,19). The molecule has 1 aromatic heterocycles. The first-order valence-electron chi connectivity index (χ1n) is 7.11. The first-order chi connectivity index (χ1) is 10.1. The molecule has 0 aliphatic heterocycles. The van der Waals surface area contributed by atoms with E-state index in [0.29, 0.717) is 5.95 Å². The van der Waals surface area contributed by atoms with Crippen molar-refractivity contribution in [2.45, 2.75) is 20.3 Å². The molecule has 5 nitrogen and oxygen atoms in total. The molecule has 0 saturated heterocycles. The second kappa shape index (κ2) is 6.92. The lowest BCUT2D eigenvalue weighted by atomic mass is 10.2. The van der Waals surface area contributed by atoms with Gasteiger partial charge in [-0.1, -0.05) is 13.0 Å². The van der Waals surface area contributed by atoms with E-state index in [4.69, 9.17) is 4.74 Å². The lowest BCUT2D eigenvalue weighted by Crippen LogP contribution is -2.14. The summed E-state index contributed by atoms with van der Waals surface area (Å²) in [6.45, 7) is 4.96. The van der Waals surface area contributed by atoms with E-state index in [1.165, 1.54) is 0 Å². The topological polar surface area (TPSA) is 50.3 Å². The molecular weight excluding hydrogens is 264 g/mol. The molecule has 21 heavy (non-hydrogen) atoms. The van der Waals surface area contributed by atoms with Crippen LogP contribution in [0.1, 0.15) is 19.0 Å². The Morgan fingerprint density at radius 3 is 2.76 bits per heavy atom. The highest BCUT2D eigenvalue weighted by Crippen LogP contribution is 2.26. The molecule has 0 saturated carbocycles. The molecule has 0 bridgehead atoms. The number of benzene rings is 1. The minimum atomic E-state index is 0.668. The van der Waals surface area contributed by atoms with Gasteiger partial charge in [0, 0.05) is 37.1 Å². The maximum Gasteiger partial charge on any atom is 0.224 e. The monoisotopic (exact) mass is 286 g/mol. The molecule has 112 valence electrons. The third kappa shape index (κ3) is 3.84. The van der Waals surface area contributed by atoms with Crippen LogP contribution >= 0.6 is 0 Å². The summed E-state index contributed by atoms with van der Waals surface area (Å²) < 4.78 is 5.27. The third-order valence-electron chi connectivity index (χ3n) is 3.16. The number of hydrogen-bond acceptors (Lipinski definition) is 5. The first-order valence-corrected chi connectivity index (χ1v) is 7.11. The van der Waals surface area contributed by atoms with E-state index in [1.807, 2.05) is 49.2 Å². The predicted octanol–water partition coefficient (Wildman–Crippen LogP) is 3.38. The van der Waals surface area contributed by atoms with E-state index in [1.54, 1.807) is 7.11 Å². The summed E-state index contributed by atoms with van der Waals surface area (Å²) in [7, 11) is 3.65. The quantitative estimate of drug-likeness (QED) is 0.882. The van der Waals surface area contributed by atoms with Gasteiger partial charge in [-0.3, -0.25) is 0 Å². The van der Waals surface area contributed by atoms with Crippen molar-refractivity contribution < 1.29 is 4.74 Å². The van der Waals surface area contributed by atoms with Gasteiger partial charge < -0.3 is 15.0 Å². The van der Waals surface area contributed by atoms with Gasteiger partial charge in [-0.25, -0.2) is 4.98 Å². The van der Waals surface area contributed by atoms with Crippen LogP contribution in [0.4, 0.5) is 17.5 Å². The van der Waals surface area contributed by atoms with Crippen molar-refractivity contribution in [3.8, 4) is 5.75 Å². The zero-order valence-corrected chi connectivity index (χ0v) is 13.1. The Bertz CT molecular complexity index is 601. The zero-order chi connectivity index (χ0) is 15.2. The van der Waals surface area contributed by atoms with E-state index in [-0.39, 0.29) is 0 Å². The molecular formula is C16H22N4O. The maximum atomic E-state index is 5.27. The summed E-state index contributed by atoms with van der Waals surface area (Å²) in [5.41, 5.74) is 1.96. The number of methoxy groups -OCH3 is 1. The van der Waals surface area contributed by atoms with E-state index in [9.17, 15) is 0 Å². The molecule has 0 aliphatic carbocycles. The average Bonchev–Trinajstić information content (AvgIpc) is 2.51. The predicted molar refractivity (Wildman–Crippen MR) is 86.6 cm³/mol. The van der Waals surface area contributed by atoms with Crippen LogP contribution in [0.5, 0.6) is 5.75 Å². The summed E-state index contributed by atoms with van der Waals surface area (Å²) in [4.78, 5) is 11.0. The van der Waals surface area contributed by atoms with Crippen LogP contribution in [-0.2, 0) is 0 Å². The molecule has 2 rings (SSSR count). The highest BCUT2D eigenvalue weighted by molar-refractivity contribution is 5.62. The molecule has 0 radical (unpaired) electrons. The minimum Gasteiger partial charge on any atom is -0.497 e. The zero-order valence-electron chi connectivity index (χ0n) is 13.1. The number of rotatable bonds is 6. The fourth-order valence-corrected chi connectivity index (χ4v) is 1.99. The van der Waals surface area contributed by atoms with Gasteiger partial charge in [0.15, 0.2) is 0 Å². The van der Waals surface area contributed by atoms with Crippen LogP contribution in [-0.4, -0.2) is 30.7 Å². The number of hydrogen-bond donors (Lipinski definition) is 1. The second-order valence-corrected chi connectivity index (χ2v) is 4.88. The minimum absolute atomic E-state index is 0.668. The Morgan fingerprint density at radius 1 is 1.24 bits per heavy atom. The van der Waals surface area contributed by atoms with Crippen molar-refractivity contribution in [2.24, 2.45) is 0 Å². The van der Waals surface area contributed by atoms with Crippen LogP contribution < -0.4 is 15.0 Å². The molecule has 1 aromatic carbocycles. The summed E-state index contributed by atoms with van der Waals surface area (Å²) >= 11 is 0. The number of ether oxygens (including phenoxy) is 1. The largest absolute Gasteiger partial charge is 0.497 e. The maximum absolute atomic E-state index is 5.27. The van der Waals surface area contributed by atoms with Crippen molar-refractivity contribution >= 4 is 17.5 Å². The van der Waals surface area contributed by atoms with E-state index in [0.717, 1.165) is 35.9 Å². The summed E-state index contributed by atoms with van der Waals surface area (Å²) in [5.74, 6) is 2.35. The van der Waals surface area contributed by atoms with Crippen molar-refractivity contribution in [1.29, 1.82) is 0 Å². The van der Waals surface area contributed by atoms with Crippen molar-refractivity contribution in [2.75, 3.05) is 30.9 Å². The molecule has 0 fully saturated rings. The van der Waals surface area contributed by atoms with Crippen LogP contribution in [0.15, 0.2) is 30.3 Å². The molecule has 2 aromatic rings. The molecule has 0 atom stereocenters. The lowest BCUT2D eigenvalue weighted by molar-refractivity contribution is 0.415. The average molecular weight is 286 g/mol. The number of aromatic nitrogens is 2. The molecule has 1 heterocycles. The number of nitrogens with one attached hydrogen (secondary N) is 1. The van der Waals surface area contributed by atoms with Gasteiger partial charge in [0.25, 0.3) is 0 Å². The van der Waals surface area contributed by atoms with Crippen molar-refractivity contribution in [1.82, 2.24) is 9.97 Å². The van der Waals surface area contributed by atoms with Gasteiger partial charge in [0.05, 0.1) is 7.11 Å². The van der Waals surface area contributed by atoms with Gasteiger partial charge in [-0.15, -0.1) is 0 Å². The highest BCUT2D eigenvalue weighted by atomic mass is 16.5. The number of aryl methyl sites for hydroxylation is 1. The Balaban J connectivity index is 2.28. The van der Waals surface area contributed by atoms with Gasteiger partial charge in [0.2, 0.25) is 5.95 Å². The van der Waals surface area contributed by atoms with Crippen LogP contribution in [0.25, 0.3) is 0 Å². The van der Waals surface area contributed by atoms with Gasteiger partial charge in [-0.2, -0.15) is 4.98 Å². The third-order valence-corrected chi connectivity index (χ3v) is 3.16. The molecule has 0 aliphatic rings. The van der Waals surface area contributed by atoms with Crippen molar-refractivity contribution in [3.63, 3.8) is 0 Å². The van der Waals surface area contributed by atoms with Crippen LogP contribution in [0.3, 0.4) is 0 Å². The highest BCUT2D eigenvalue weighted by Gasteiger charge is 2.09. The Labute approximate surface area is 126 Å². The molecule has 0 unspecified atom stereocenters. The fourth-order valence-electron chi connectivity index (χ4n) is 1.99. The van der Waals surface area contributed by atoms with E-state index < -0.39 is 0 Å². The Kier molecular flexibility index (Phi) is 4.98. The fraction of sp³-hybridized carbons (Fsp3) is 0.375. The lowest BCUT2D eigenvalue weighted by Gasteiger charge is -2.20. The van der Waals surface area contributed by atoms with Gasteiger partial charge in [-0.05, 0) is 25.5 Å². The molecule has 1 N–H and O–H groups in total. The Hall–Kier alpha value is -2.30. The first kappa shape index (κ1) is 15.1. The SMILES string of the molecule is CCCNc1nc(C)cc(N(C)c2cccc(OC)c2)n1. The van der Waals surface area contributed by atoms with Gasteiger partial charge >= 0.3 is 0 Å². The smallest absolute Gasteiger partial charge is 0.224 e. The number of nitrogens with zero attached hydrogens (tertiary/aromatic N) is 3. The molecule has 0 amide bonds. The summed E-state index contributed by atoms with van der Waals surface area (Å²) in [6.07, 6.45) is 1.04. The van der Waals surface area contributed by atoms with E-state index >= 15 is 0 Å². The number of anilines is 3. The van der Waals surface area contributed by atoms with Gasteiger partial charge in [0.1, 0.15) is 11.6 Å². The normalized spacial score (nSPS) is 10.3. The summed E-state index contributed by atoms with van der Waals surface area (Å²) in [5, 5.41) is 3.23. The molecule has 0 spiro atoms. The summed E-state index contributed by atoms with van der Waals surface area (Å²) in [6, 6.07) is 9.87. The Morgan fingerprint density at radius 2 is 2.05 bits per heavy atom. The van der Waals surface area contributed by atoms with Crippen LogP contribution in [0, 0.1) is 6.92 Å².